The summed E-state index contributed by atoms with van der Waals surface area (Å²) in [5, 5.41) is 0. The zero-order chi connectivity index (χ0) is 11.7. The van der Waals surface area contributed by atoms with Gasteiger partial charge in [0.1, 0.15) is 0 Å². The van der Waals surface area contributed by atoms with Crippen LogP contribution in [0.5, 0.6) is 0 Å². The van der Waals surface area contributed by atoms with Crippen molar-refractivity contribution in [3.05, 3.63) is 0 Å². The summed E-state index contributed by atoms with van der Waals surface area (Å²) in [6, 6.07) is 0. The molecule has 6 unspecified atom stereocenters. The van der Waals surface area contributed by atoms with Crippen molar-refractivity contribution in [2.45, 2.75) is 51.7 Å². The zero-order valence-electron chi connectivity index (χ0n) is 11.1. The maximum atomic E-state index is 5.58. The second kappa shape index (κ2) is 5.05. The number of fused-ring (bicyclic) bond motifs is 1. The summed E-state index contributed by atoms with van der Waals surface area (Å²) in [5.41, 5.74) is 0. The predicted molar refractivity (Wildman–Crippen MR) is 65.4 cm³/mol. The summed E-state index contributed by atoms with van der Waals surface area (Å²) >= 11 is 0. The third kappa shape index (κ3) is 2.28. The lowest BCUT2D eigenvalue weighted by Gasteiger charge is -2.48. The van der Waals surface area contributed by atoms with E-state index in [0.29, 0.717) is 12.2 Å². The van der Waals surface area contributed by atoms with Crippen molar-refractivity contribution < 1.29 is 9.47 Å². The average molecular weight is 226 g/mol. The van der Waals surface area contributed by atoms with Crippen LogP contribution in [0.25, 0.3) is 0 Å². The van der Waals surface area contributed by atoms with E-state index in [9.17, 15) is 0 Å². The van der Waals surface area contributed by atoms with Crippen molar-refractivity contribution in [1.82, 2.24) is 0 Å². The highest BCUT2D eigenvalue weighted by atomic mass is 16.5. The van der Waals surface area contributed by atoms with Gasteiger partial charge in [-0.05, 0) is 49.4 Å². The van der Waals surface area contributed by atoms with Crippen LogP contribution in [0, 0.1) is 23.7 Å². The molecule has 0 aliphatic heterocycles. The average Bonchev–Trinajstić information content (AvgIpc) is 2.29. The van der Waals surface area contributed by atoms with E-state index in [1.165, 1.54) is 25.7 Å². The first kappa shape index (κ1) is 12.4. The van der Waals surface area contributed by atoms with Gasteiger partial charge in [0, 0.05) is 14.2 Å². The fraction of sp³-hybridized carbons (Fsp3) is 1.00. The van der Waals surface area contributed by atoms with Crippen LogP contribution < -0.4 is 0 Å². The normalized spacial score (nSPS) is 48.8. The molecule has 2 saturated carbocycles. The Kier molecular flexibility index (Phi) is 3.91. The molecule has 0 saturated heterocycles. The number of rotatable bonds is 2. The molecule has 2 rings (SSSR count). The minimum atomic E-state index is 0.498. The molecule has 16 heavy (non-hydrogen) atoms. The minimum absolute atomic E-state index is 0.498. The quantitative estimate of drug-likeness (QED) is 0.720. The van der Waals surface area contributed by atoms with Gasteiger partial charge < -0.3 is 9.47 Å². The van der Waals surface area contributed by atoms with Gasteiger partial charge in [-0.1, -0.05) is 13.8 Å². The molecule has 2 heteroatoms. The Balaban J connectivity index is 2.06. The maximum Gasteiger partial charge on any atom is 0.0576 e. The van der Waals surface area contributed by atoms with Crippen LogP contribution in [0.2, 0.25) is 0 Å². The van der Waals surface area contributed by atoms with Gasteiger partial charge in [-0.15, -0.1) is 0 Å². The fourth-order valence-corrected chi connectivity index (χ4v) is 4.02. The van der Waals surface area contributed by atoms with Gasteiger partial charge in [0.15, 0.2) is 0 Å². The topological polar surface area (TPSA) is 18.5 Å². The van der Waals surface area contributed by atoms with Gasteiger partial charge >= 0.3 is 0 Å². The SMILES string of the molecule is COC1CC(C)C2CC(OC)CC(C)C2C1. The molecule has 2 fully saturated rings. The van der Waals surface area contributed by atoms with Gasteiger partial charge in [-0.25, -0.2) is 0 Å². The lowest BCUT2D eigenvalue weighted by atomic mass is 9.61. The molecule has 2 aliphatic carbocycles. The molecule has 2 nitrogen and oxygen atoms in total. The Morgan fingerprint density at radius 3 is 1.38 bits per heavy atom. The first-order valence-electron chi connectivity index (χ1n) is 6.71. The van der Waals surface area contributed by atoms with Crippen LogP contribution in [-0.2, 0) is 9.47 Å². The monoisotopic (exact) mass is 226 g/mol. The largest absolute Gasteiger partial charge is 0.381 e. The van der Waals surface area contributed by atoms with Gasteiger partial charge in [-0.2, -0.15) is 0 Å². The molecule has 6 atom stereocenters. The van der Waals surface area contributed by atoms with Gasteiger partial charge in [-0.3, -0.25) is 0 Å². The molecule has 0 radical (unpaired) electrons. The molecule has 0 aromatic carbocycles. The number of hydrogen-bond donors (Lipinski definition) is 0. The van der Waals surface area contributed by atoms with Crippen molar-refractivity contribution in [3.63, 3.8) is 0 Å². The van der Waals surface area contributed by atoms with Gasteiger partial charge in [0.25, 0.3) is 0 Å². The third-order valence-corrected chi connectivity index (χ3v) is 5.02. The Morgan fingerprint density at radius 1 is 0.688 bits per heavy atom. The first-order valence-corrected chi connectivity index (χ1v) is 6.71. The maximum absolute atomic E-state index is 5.58. The summed E-state index contributed by atoms with van der Waals surface area (Å²) < 4.78 is 11.2. The van der Waals surface area contributed by atoms with Crippen LogP contribution in [0.3, 0.4) is 0 Å². The molecule has 0 N–H and O–H groups in total. The van der Waals surface area contributed by atoms with E-state index in [-0.39, 0.29) is 0 Å². The third-order valence-electron chi connectivity index (χ3n) is 5.02. The van der Waals surface area contributed by atoms with Gasteiger partial charge in [0.2, 0.25) is 0 Å². The van der Waals surface area contributed by atoms with Crippen LogP contribution in [0.1, 0.15) is 39.5 Å². The Morgan fingerprint density at radius 2 is 1.06 bits per heavy atom. The highest BCUT2D eigenvalue weighted by Crippen LogP contribution is 2.47. The summed E-state index contributed by atoms with van der Waals surface area (Å²) in [5.74, 6) is 3.31. The summed E-state index contributed by atoms with van der Waals surface area (Å²) in [6.07, 6.45) is 6.00. The fourth-order valence-electron chi connectivity index (χ4n) is 4.02. The molecular formula is C14H26O2. The predicted octanol–water partition coefficient (Wildman–Crippen LogP) is 3.11. The number of methoxy groups -OCH3 is 2. The van der Waals surface area contributed by atoms with Crippen molar-refractivity contribution in [1.29, 1.82) is 0 Å². The molecule has 0 spiro atoms. The molecule has 94 valence electrons. The molecule has 0 aromatic heterocycles. The van der Waals surface area contributed by atoms with E-state index >= 15 is 0 Å². The van der Waals surface area contributed by atoms with E-state index in [2.05, 4.69) is 13.8 Å². The second-order valence-corrected chi connectivity index (χ2v) is 5.94. The lowest BCUT2D eigenvalue weighted by Crippen LogP contribution is -2.44. The van der Waals surface area contributed by atoms with Gasteiger partial charge in [0.05, 0.1) is 12.2 Å². The Labute approximate surface area is 99.7 Å². The van der Waals surface area contributed by atoms with E-state index in [1.807, 2.05) is 14.2 Å². The Bertz CT molecular complexity index is 205. The molecule has 0 aromatic rings. The lowest BCUT2D eigenvalue weighted by molar-refractivity contribution is -0.0715. The van der Waals surface area contributed by atoms with E-state index in [0.717, 1.165) is 23.7 Å². The molecule has 2 aliphatic rings. The van der Waals surface area contributed by atoms with Crippen molar-refractivity contribution >= 4 is 0 Å². The first-order chi connectivity index (χ1) is 7.65. The van der Waals surface area contributed by atoms with Crippen LogP contribution in [0.15, 0.2) is 0 Å². The van der Waals surface area contributed by atoms with E-state index in [1.54, 1.807) is 0 Å². The second-order valence-electron chi connectivity index (χ2n) is 5.94. The molecule has 0 heterocycles. The van der Waals surface area contributed by atoms with Crippen molar-refractivity contribution in [3.8, 4) is 0 Å². The van der Waals surface area contributed by atoms with Crippen LogP contribution >= 0.6 is 0 Å². The van der Waals surface area contributed by atoms with Crippen LogP contribution in [-0.4, -0.2) is 26.4 Å². The highest BCUT2D eigenvalue weighted by molar-refractivity contribution is 4.92. The summed E-state index contributed by atoms with van der Waals surface area (Å²) in [7, 11) is 3.73. The molecule has 0 bridgehead atoms. The van der Waals surface area contributed by atoms with Crippen molar-refractivity contribution in [2.24, 2.45) is 23.7 Å². The standard InChI is InChI=1S/C14H26O2/c1-9-5-11(15-3)8-14-10(2)6-12(16-4)7-13(9)14/h9-14H,5-8H2,1-4H3. The smallest absolute Gasteiger partial charge is 0.0576 e. The number of ether oxygens (including phenoxy) is 2. The number of hydrogen-bond acceptors (Lipinski definition) is 2. The van der Waals surface area contributed by atoms with E-state index in [4.69, 9.17) is 9.47 Å². The Hall–Kier alpha value is -0.0800. The summed E-state index contributed by atoms with van der Waals surface area (Å²) in [4.78, 5) is 0. The highest BCUT2D eigenvalue weighted by Gasteiger charge is 2.42. The molecule has 0 amide bonds. The van der Waals surface area contributed by atoms with Crippen LogP contribution in [0.4, 0.5) is 0 Å². The van der Waals surface area contributed by atoms with Crippen molar-refractivity contribution in [2.75, 3.05) is 14.2 Å². The van der Waals surface area contributed by atoms with E-state index < -0.39 is 0 Å². The summed E-state index contributed by atoms with van der Waals surface area (Å²) in [6.45, 7) is 4.79. The minimum Gasteiger partial charge on any atom is -0.381 e. The zero-order valence-corrected chi connectivity index (χ0v) is 11.1. The molecular weight excluding hydrogens is 200 g/mol.